The summed E-state index contributed by atoms with van der Waals surface area (Å²) in [5.74, 6) is 0.976. The molecule has 1 aromatic heterocycles. The van der Waals surface area contributed by atoms with E-state index >= 15 is 0 Å². The van der Waals surface area contributed by atoms with Crippen molar-refractivity contribution in [3.8, 4) is 5.75 Å². The molecule has 0 saturated heterocycles. The van der Waals surface area contributed by atoms with Crippen molar-refractivity contribution in [3.63, 3.8) is 0 Å². The van der Waals surface area contributed by atoms with E-state index in [9.17, 15) is 5.11 Å². The Bertz CT molecular complexity index is 431. The van der Waals surface area contributed by atoms with Gasteiger partial charge in [0.1, 0.15) is 11.6 Å². The third kappa shape index (κ3) is 0.830. The number of fused-ring (bicyclic) bond motifs is 1. The van der Waals surface area contributed by atoms with Crippen LogP contribution in [0, 0.1) is 0 Å². The molecular weight excluding hydrogens is 152 g/mol. The van der Waals surface area contributed by atoms with Crippen molar-refractivity contribution < 1.29 is 5.11 Å². The highest BCUT2D eigenvalue weighted by molar-refractivity contribution is 5.85. The quantitative estimate of drug-likeness (QED) is 0.616. The molecule has 0 saturated carbocycles. The molecule has 3 N–H and O–H groups in total. The first-order valence-corrected chi connectivity index (χ1v) is 3.72. The SMILES string of the molecule is Cn1c(N)cc2cc(O)ccc21. The number of nitrogens with two attached hydrogens (primary N) is 1. The smallest absolute Gasteiger partial charge is 0.116 e. The van der Waals surface area contributed by atoms with Crippen LogP contribution in [-0.4, -0.2) is 9.67 Å². The number of phenolic OH excluding ortho intramolecular Hbond substituents is 1. The molecule has 0 spiro atoms. The summed E-state index contributed by atoms with van der Waals surface area (Å²) in [5.41, 5.74) is 6.72. The van der Waals surface area contributed by atoms with Gasteiger partial charge >= 0.3 is 0 Å². The van der Waals surface area contributed by atoms with Gasteiger partial charge < -0.3 is 15.4 Å². The van der Waals surface area contributed by atoms with Gasteiger partial charge in [0.05, 0.1) is 0 Å². The lowest BCUT2D eigenvalue weighted by molar-refractivity contribution is 0.476. The fourth-order valence-corrected chi connectivity index (χ4v) is 1.36. The number of rotatable bonds is 0. The Kier molecular flexibility index (Phi) is 1.27. The Morgan fingerprint density at radius 1 is 1.33 bits per heavy atom. The number of nitrogen functional groups attached to an aromatic ring is 1. The zero-order valence-corrected chi connectivity index (χ0v) is 6.78. The van der Waals surface area contributed by atoms with Crippen molar-refractivity contribution in [2.75, 3.05) is 5.73 Å². The van der Waals surface area contributed by atoms with Crippen LogP contribution in [0.2, 0.25) is 0 Å². The Balaban J connectivity index is 2.87. The number of benzene rings is 1. The summed E-state index contributed by atoms with van der Waals surface area (Å²) < 4.78 is 1.88. The maximum atomic E-state index is 9.18. The fraction of sp³-hybridized carbons (Fsp3) is 0.111. The van der Waals surface area contributed by atoms with E-state index < -0.39 is 0 Å². The van der Waals surface area contributed by atoms with Gasteiger partial charge in [-0.2, -0.15) is 0 Å². The molecular formula is C9H10N2O. The van der Waals surface area contributed by atoms with Gasteiger partial charge in [0, 0.05) is 18.0 Å². The lowest BCUT2D eigenvalue weighted by Crippen LogP contribution is -1.94. The molecule has 2 rings (SSSR count). The third-order valence-electron chi connectivity index (χ3n) is 2.06. The van der Waals surface area contributed by atoms with Crippen LogP contribution in [-0.2, 0) is 7.05 Å². The fourth-order valence-electron chi connectivity index (χ4n) is 1.36. The molecule has 0 aliphatic rings. The van der Waals surface area contributed by atoms with Crippen LogP contribution in [0.15, 0.2) is 24.3 Å². The molecule has 1 aromatic carbocycles. The zero-order chi connectivity index (χ0) is 8.72. The lowest BCUT2D eigenvalue weighted by Gasteiger charge is -1.97. The van der Waals surface area contributed by atoms with Crippen molar-refractivity contribution in [2.45, 2.75) is 0 Å². The van der Waals surface area contributed by atoms with Gasteiger partial charge in [-0.15, -0.1) is 0 Å². The Morgan fingerprint density at radius 3 is 2.83 bits per heavy atom. The highest BCUT2D eigenvalue weighted by Crippen LogP contribution is 2.23. The van der Waals surface area contributed by atoms with Crippen LogP contribution in [0.5, 0.6) is 5.75 Å². The van der Waals surface area contributed by atoms with E-state index in [0.717, 1.165) is 10.9 Å². The second kappa shape index (κ2) is 2.17. The van der Waals surface area contributed by atoms with Gasteiger partial charge in [-0.05, 0) is 24.3 Å². The van der Waals surface area contributed by atoms with Gasteiger partial charge in [-0.3, -0.25) is 0 Å². The molecule has 1 heterocycles. The summed E-state index contributed by atoms with van der Waals surface area (Å²) in [6.45, 7) is 0. The number of hydrogen-bond acceptors (Lipinski definition) is 2. The summed E-state index contributed by atoms with van der Waals surface area (Å²) in [6.07, 6.45) is 0. The Morgan fingerprint density at radius 2 is 2.08 bits per heavy atom. The summed E-state index contributed by atoms with van der Waals surface area (Å²) in [6, 6.07) is 7.05. The van der Waals surface area contributed by atoms with Gasteiger partial charge in [-0.1, -0.05) is 0 Å². The maximum absolute atomic E-state index is 9.18. The minimum atomic E-state index is 0.271. The largest absolute Gasteiger partial charge is 0.508 e. The minimum absolute atomic E-state index is 0.271. The van der Waals surface area contributed by atoms with Crippen LogP contribution in [0.3, 0.4) is 0 Å². The number of phenols is 1. The predicted molar refractivity (Wildman–Crippen MR) is 49.0 cm³/mol. The molecule has 0 radical (unpaired) electrons. The Hall–Kier alpha value is -1.64. The van der Waals surface area contributed by atoms with Crippen LogP contribution in [0.4, 0.5) is 5.82 Å². The summed E-state index contributed by atoms with van der Waals surface area (Å²) in [4.78, 5) is 0. The van der Waals surface area contributed by atoms with Crippen LogP contribution >= 0.6 is 0 Å². The summed E-state index contributed by atoms with van der Waals surface area (Å²) in [7, 11) is 1.90. The molecule has 3 heteroatoms. The molecule has 0 fully saturated rings. The molecule has 3 nitrogen and oxygen atoms in total. The molecule has 0 unspecified atom stereocenters. The molecule has 0 amide bonds. The molecule has 2 aromatic rings. The van der Waals surface area contributed by atoms with Gasteiger partial charge in [0.25, 0.3) is 0 Å². The first kappa shape index (κ1) is 7.03. The van der Waals surface area contributed by atoms with Crippen molar-refractivity contribution in [2.24, 2.45) is 7.05 Å². The number of anilines is 1. The van der Waals surface area contributed by atoms with Gasteiger partial charge in [-0.25, -0.2) is 0 Å². The third-order valence-corrected chi connectivity index (χ3v) is 2.06. The molecule has 0 atom stereocenters. The van der Waals surface area contributed by atoms with Crippen LogP contribution < -0.4 is 5.73 Å². The van der Waals surface area contributed by atoms with Crippen LogP contribution in [0.25, 0.3) is 10.9 Å². The highest BCUT2D eigenvalue weighted by atomic mass is 16.3. The average Bonchev–Trinajstić information content (AvgIpc) is 2.28. The van der Waals surface area contributed by atoms with Crippen molar-refractivity contribution in [3.05, 3.63) is 24.3 Å². The maximum Gasteiger partial charge on any atom is 0.116 e. The predicted octanol–water partition coefficient (Wildman–Crippen LogP) is 1.47. The number of aromatic nitrogens is 1. The monoisotopic (exact) mass is 162 g/mol. The van der Waals surface area contributed by atoms with Gasteiger partial charge in [0.2, 0.25) is 0 Å². The van der Waals surface area contributed by atoms with E-state index in [4.69, 9.17) is 5.73 Å². The summed E-state index contributed by atoms with van der Waals surface area (Å²) in [5, 5.41) is 10.1. The van der Waals surface area contributed by atoms with Gasteiger partial charge in [0.15, 0.2) is 0 Å². The highest BCUT2D eigenvalue weighted by Gasteiger charge is 2.01. The average molecular weight is 162 g/mol. The molecule has 0 aliphatic carbocycles. The number of hydrogen-bond donors (Lipinski definition) is 2. The number of nitrogens with zero attached hydrogens (tertiary/aromatic N) is 1. The Labute approximate surface area is 70.0 Å². The van der Waals surface area contributed by atoms with Crippen molar-refractivity contribution in [1.29, 1.82) is 0 Å². The van der Waals surface area contributed by atoms with E-state index in [2.05, 4.69) is 0 Å². The van der Waals surface area contributed by atoms with Crippen molar-refractivity contribution >= 4 is 16.7 Å². The van der Waals surface area contributed by atoms with E-state index in [1.54, 1.807) is 12.1 Å². The molecule has 0 aliphatic heterocycles. The second-order valence-corrected chi connectivity index (χ2v) is 2.87. The standard InChI is InChI=1S/C9H10N2O/c1-11-8-3-2-7(12)4-6(8)5-9(11)10/h2-5,12H,10H2,1H3. The minimum Gasteiger partial charge on any atom is -0.508 e. The molecule has 12 heavy (non-hydrogen) atoms. The van der Waals surface area contributed by atoms with Crippen molar-refractivity contribution in [1.82, 2.24) is 4.57 Å². The van der Waals surface area contributed by atoms with E-state index in [0.29, 0.717) is 5.82 Å². The van der Waals surface area contributed by atoms with E-state index in [1.807, 2.05) is 23.7 Å². The van der Waals surface area contributed by atoms with E-state index in [-0.39, 0.29) is 5.75 Å². The molecule has 0 bridgehead atoms. The van der Waals surface area contributed by atoms with Crippen LogP contribution in [0.1, 0.15) is 0 Å². The topological polar surface area (TPSA) is 51.2 Å². The molecule has 62 valence electrons. The second-order valence-electron chi connectivity index (χ2n) is 2.87. The summed E-state index contributed by atoms with van der Waals surface area (Å²) >= 11 is 0. The zero-order valence-electron chi connectivity index (χ0n) is 6.78. The van der Waals surface area contributed by atoms with E-state index in [1.165, 1.54) is 0 Å². The first-order chi connectivity index (χ1) is 5.68. The lowest BCUT2D eigenvalue weighted by atomic mass is 10.2. The number of aryl methyl sites for hydroxylation is 1. The number of aromatic hydroxyl groups is 1. The normalized spacial score (nSPS) is 10.8. The first-order valence-electron chi connectivity index (χ1n) is 3.72.